The normalized spacial score (nSPS) is 21.8. The van der Waals surface area contributed by atoms with Gasteiger partial charge in [-0.15, -0.1) is 5.10 Å². The summed E-state index contributed by atoms with van der Waals surface area (Å²) >= 11 is 0. The van der Waals surface area contributed by atoms with Crippen LogP contribution < -0.4 is 0 Å². The minimum atomic E-state index is 0.351. The van der Waals surface area contributed by atoms with Gasteiger partial charge in [-0.1, -0.05) is 5.21 Å². The summed E-state index contributed by atoms with van der Waals surface area (Å²) in [4.78, 5) is 14.0. The van der Waals surface area contributed by atoms with E-state index in [2.05, 4.69) is 10.3 Å². The molecule has 2 aliphatic rings. The van der Waals surface area contributed by atoms with E-state index in [1.54, 1.807) is 6.20 Å². The molecule has 92 valence electrons. The van der Waals surface area contributed by atoms with Crippen molar-refractivity contribution in [1.29, 1.82) is 0 Å². The van der Waals surface area contributed by atoms with Gasteiger partial charge in [0.1, 0.15) is 0 Å². The number of piperidine rings is 1. The van der Waals surface area contributed by atoms with Crippen LogP contribution in [0.25, 0.3) is 0 Å². The lowest BCUT2D eigenvalue weighted by Gasteiger charge is -2.31. The molecule has 1 aromatic rings. The van der Waals surface area contributed by atoms with Gasteiger partial charge in [-0.2, -0.15) is 0 Å². The van der Waals surface area contributed by atoms with Gasteiger partial charge in [-0.3, -0.25) is 4.79 Å². The number of aromatic nitrogens is 3. The van der Waals surface area contributed by atoms with Crippen LogP contribution in [0.3, 0.4) is 0 Å². The molecule has 0 radical (unpaired) electrons. The summed E-state index contributed by atoms with van der Waals surface area (Å²) in [5.41, 5.74) is 0. The maximum Gasteiger partial charge on any atom is 0.222 e. The number of likely N-dealkylation sites (tertiary alicyclic amines) is 1. The van der Waals surface area contributed by atoms with Gasteiger partial charge in [0.25, 0.3) is 0 Å². The predicted octanol–water partition coefficient (Wildman–Crippen LogP) is 1.24. The Labute approximate surface area is 101 Å². The average molecular weight is 234 g/mol. The first-order valence-corrected chi connectivity index (χ1v) is 6.46. The Morgan fingerprint density at radius 3 is 2.59 bits per heavy atom. The second-order valence-electron chi connectivity index (χ2n) is 5.14. The van der Waals surface area contributed by atoms with Crippen molar-refractivity contribution in [3.63, 3.8) is 0 Å². The van der Waals surface area contributed by atoms with Crippen LogP contribution in [0.4, 0.5) is 0 Å². The van der Waals surface area contributed by atoms with E-state index >= 15 is 0 Å². The number of hydrogen-bond acceptors (Lipinski definition) is 3. The molecule has 2 fully saturated rings. The highest BCUT2D eigenvalue weighted by atomic mass is 16.2. The van der Waals surface area contributed by atoms with E-state index in [9.17, 15) is 4.79 Å². The molecular formula is C12H18N4O. The summed E-state index contributed by atoms with van der Waals surface area (Å²) in [5.74, 6) is 1.04. The van der Waals surface area contributed by atoms with Gasteiger partial charge < -0.3 is 4.90 Å². The van der Waals surface area contributed by atoms with Gasteiger partial charge >= 0.3 is 0 Å². The molecule has 1 saturated carbocycles. The van der Waals surface area contributed by atoms with Crippen molar-refractivity contribution in [2.45, 2.75) is 38.1 Å². The van der Waals surface area contributed by atoms with Crippen LogP contribution in [0.2, 0.25) is 0 Å². The van der Waals surface area contributed by atoms with Gasteiger partial charge in [0.05, 0.1) is 12.2 Å². The second kappa shape index (κ2) is 4.47. The Morgan fingerprint density at radius 2 is 2.00 bits per heavy atom. The summed E-state index contributed by atoms with van der Waals surface area (Å²) in [6.07, 6.45) is 8.90. The summed E-state index contributed by atoms with van der Waals surface area (Å²) in [5, 5.41) is 7.86. The number of amides is 1. The van der Waals surface area contributed by atoms with Crippen molar-refractivity contribution >= 4 is 5.91 Å². The van der Waals surface area contributed by atoms with E-state index in [1.165, 1.54) is 12.8 Å². The summed E-state index contributed by atoms with van der Waals surface area (Å²) in [7, 11) is 0. The van der Waals surface area contributed by atoms with Crippen molar-refractivity contribution in [2.75, 3.05) is 13.1 Å². The minimum absolute atomic E-state index is 0.351. The summed E-state index contributed by atoms with van der Waals surface area (Å²) in [6, 6.07) is 0.419. The van der Waals surface area contributed by atoms with Crippen LogP contribution in [0.5, 0.6) is 0 Å². The van der Waals surface area contributed by atoms with Crippen LogP contribution in [-0.2, 0) is 4.79 Å². The molecule has 0 atom stereocenters. The van der Waals surface area contributed by atoms with E-state index in [-0.39, 0.29) is 0 Å². The highest BCUT2D eigenvalue weighted by Gasteiger charge is 2.29. The van der Waals surface area contributed by atoms with Crippen molar-refractivity contribution in [1.82, 2.24) is 19.9 Å². The molecule has 1 saturated heterocycles. The van der Waals surface area contributed by atoms with Crippen molar-refractivity contribution in [3.05, 3.63) is 12.4 Å². The van der Waals surface area contributed by atoms with E-state index in [0.29, 0.717) is 17.9 Å². The smallest absolute Gasteiger partial charge is 0.222 e. The highest BCUT2D eigenvalue weighted by molar-refractivity contribution is 5.76. The Morgan fingerprint density at radius 1 is 1.24 bits per heavy atom. The molecule has 1 amide bonds. The molecule has 0 N–H and O–H groups in total. The molecule has 1 aromatic heterocycles. The van der Waals surface area contributed by atoms with Crippen molar-refractivity contribution < 1.29 is 4.79 Å². The maximum absolute atomic E-state index is 11.9. The molecule has 1 aliphatic carbocycles. The summed E-state index contributed by atoms with van der Waals surface area (Å²) < 4.78 is 1.92. The second-order valence-corrected chi connectivity index (χ2v) is 5.14. The fraction of sp³-hybridized carbons (Fsp3) is 0.750. The van der Waals surface area contributed by atoms with Crippen LogP contribution in [0.1, 0.15) is 38.1 Å². The van der Waals surface area contributed by atoms with Gasteiger partial charge in [0.2, 0.25) is 5.91 Å². The Kier molecular flexibility index (Phi) is 2.82. The lowest BCUT2D eigenvalue weighted by molar-refractivity contribution is -0.132. The maximum atomic E-state index is 11.9. The zero-order valence-electron chi connectivity index (χ0n) is 9.96. The lowest BCUT2D eigenvalue weighted by Crippen LogP contribution is -2.39. The van der Waals surface area contributed by atoms with Crippen LogP contribution >= 0.6 is 0 Å². The third kappa shape index (κ3) is 2.48. The van der Waals surface area contributed by atoms with Gasteiger partial charge in [0.15, 0.2) is 0 Å². The molecule has 5 heteroatoms. The molecule has 1 aliphatic heterocycles. The molecule has 0 aromatic carbocycles. The van der Waals surface area contributed by atoms with Crippen molar-refractivity contribution in [3.8, 4) is 0 Å². The molecular weight excluding hydrogens is 216 g/mol. The molecule has 3 rings (SSSR count). The number of carbonyl (C=O) groups excluding carboxylic acids is 1. The zero-order valence-corrected chi connectivity index (χ0v) is 9.96. The largest absolute Gasteiger partial charge is 0.343 e. The zero-order chi connectivity index (χ0) is 11.7. The van der Waals surface area contributed by atoms with E-state index < -0.39 is 0 Å². The molecule has 0 unspecified atom stereocenters. The third-order valence-electron chi connectivity index (χ3n) is 3.79. The monoisotopic (exact) mass is 234 g/mol. The fourth-order valence-corrected chi connectivity index (χ4v) is 2.49. The highest BCUT2D eigenvalue weighted by Crippen LogP contribution is 2.33. The number of hydrogen-bond donors (Lipinski definition) is 0. The lowest BCUT2D eigenvalue weighted by atomic mass is 10.0. The molecule has 5 nitrogen and oxygen atoms in total. The first-order valence-electron chi connectivity index (χ1n) is 6.46. The fourth-order valence-electron chi connectivity index (χ4n) is 2.49. The topological polar surface area (TPSA) is 51.0 Å². The number of nitrogens with zero attached hydrogens (tertiary/aromatic N) is 4. The number of rotatable bonds is 3. The van der Waals surface area contributed by atoms with Gasteiger partial charge in [-0.05, 0) is 31.6 Å². The Bertz CT molecular complexity index is 377. The quantitative estimate of drug-likeness (QED) is 0.790. The first-order chi connectivity index (χ1) is 8.33. The SMILES string of the molecule is O=C(CC1CC1)N1CCC(n2ccnn2)CC1. The molecule has 0 spiro atoms. The van der Waals surface area contributed by atoms with Gasteiger partial charge in [0, 0.05) is 25.7 Å². The molecule has 2 heterocycles. The van der Waals surface area contributed by atoms with Crippen LogP contribution in [0, 0.1) is 5.92 Å². The molecule has 0 bridgehead atoms. The standard InChI is InChI=1S/C12H18N4O/c17-12(9-10-1-2-10)15-6-3-11(4-7-15)16-8-5-13-14-16/h5,8,10-11H,1-4,6-7,9H2. The van der Waals surface area contributed by atoms with Crippen molar-refractivity contribution in [2.24, 2.45) is 5.92 Å². The predicted molar refractivity (Wildman–Crippen MR) is 62.2 cm³/mol. The van der Waals surface area contributed by atoms with Gasteiger partial charge in [-0.25, -0.2) is 4.68 Å². The third-order valence-corrected chi connectivity index (χ3v) is 3.79. The molecule has 17 heavy (non-hydrogen) atoms. The first kappa shape index (κ1) is 10.7. The summed E-state index contributed by atoms with van der Waals surface area (Å²) in [6.45, 7) is 1.74. The average Bonchev–Trinajstić information content (AvgIpc) is 3.00. The Hall–Kier alpha value is -1.39. The van der Waals surface area contributed by atoms with E-state index in [4.69, 9.17) is 0 Å². The number of carbonyl (C=O) groups is 1. The Balaban J connectivity index is 1.51. The van der Waals surface area contributed by atoms with Crippen LogP contribution in [0.15, 0.2) is 12.4 Å². The van der Waals surface area contributed by atoms with Crippen LogP contribution in [-0.4, -0.2) is 38.9 Å². The minimum Gasteiger partial charge on any atom is -0.343 e. The van der Waals surface area contributed by atoms with E-state index in [1.807, 2.05) is 15.8 Å². The van der Waals surface area contributed by atoms with E-state index in [0.717, 1.165) is 32.4 Å².